The fraction of sp³-hybridized carbons (Fsp3) is 0.459. The molecule has 2 aromatic carbocycles. The number of rotatable bonds is 7. The number of hydrogen-bond acceptors (Lipinski definition) is 6. The number of amides is 2. The number of ether oxygens (including phenoxy) is 1. The Bertz CT molecular complexity index is 1800. The van der Waals surface area contributed by atoms with Gasteiger partial charge in [-0.2, -0.15) is 10.4 Å². The van der Waals surface area contributed by atoms with E-state index < -0.39 is 12.3 Å². The fourth-order valence-corrected chi connectivity index (χ4v) is 7.65. The smallest absolute Gasteiger partial charge is 0.254 e. The lowest BCUT2D eigenvalue weighted by Crippen LogP contribution is -2.74. The zero-order valence-corrected chi connectivity index (χ0v) is 28.9. The van der Waals surface area contributed by atoms with Gasteiger partial charge in [-0.15, -0.1) is 0 Å². The molecule has 1 aromatic heterocycles. The van der Waals surface area contributed by atoms with Crippen molar-refractivity contribution in [1.29, 1.82) is 5.26 Å². The van der Waals surface area contributed by atoms with Crippen LogP contribution in [-0.4, -0.2) is 50.0 Å². The van der Waals surface area contributed by atoms with Crippen LogP contribution in [0.5, 0.6) is 5.75 Å². The molecular weight excluding hydrogens is 614 g/mol. The van der Waals surface area contributed by atoms with E-state index in [-0.39, 0.29) is 40.2 Å². The molecule has 0 saturated heterocycles. The highest BCUT2D eigenvalue weighted by Gasteiger charge is 2.67. The topological polar surface area (TPSA) is 120 Å². The Morgan fingerprint density at radius 3 is 2.49 bits per heavy atom. The predicted octanol–water partition coefficient (Wildman–Crippen LogP) is 6.08. The van der Waals surface area contributed by atoms with Crippen LogP contribution in [0.1, 0.15) is 101 Å². The van der Waals surface area contributed by atoms with E-state index in [1.54, 1.807) is 37.4 Å². The molecule has 246 valence electrons. The summed E-state index contributed by atoms with van der Waals surface area (Å²) in [6, 6.07) is 13.8. The number of benzene rings is 2. The molecule has 9 nitrogen and oxygen atoms in total. The Balaban J connectivity index is 1.26. The lowest BCUT2D eigenvalue weighted by atomic mass is 9.49. The van der Waals surface area contributed by atoms with Gasteiger partial charge >= 0.3 is 0 Å². The quantitative estimate of drug-likeness (QED) is 0.235. The minimum Gasteiger partial charge on any atom is -0.489 e. The predicted molar refractivity (Wildman–Crippen MR) is 179 cm³/mol. The van der Waals surface area contributed by atoms with E-state index in [4.69, 9.17) is 16.3 Å². The first-order valence-corrected chi connectivity index (χ1v) is 16.2. The highest BCUT2D eigenvalue weighted by Crippen LogP contribution is 2.59. The molecule has 0 bridgehead atoms. The largest absolute Gasteiger partial charge is 0.489 e. The number of hydrogen-bond donors (Lipinski definition) is 2. The summed E-state index contributed by atoms with van der Waals surface area (Å²) in [5.41, 5.74) is 2.40. The van der Waals surface area contributed by atoms with Gasteiger partial charge in [0.1, 0.15) is 35.9 Å². The molecule has 1 fully saturated rings. The number of fused-ring (bicyclic) bond motifs is 1. The van der Waals surface area contributed by atoms with Crippen molar-refractivity contribution in [2.24, 2.45) is 16.2 Å². The Morgan fingerprint density at radius 2 is 1.85 bits per heavy atom. The summed E-state index contributed by atoms with van der Waals surface area (Å²) in [4.78, 5) is 28.3. The Morgan fingerprint density at radius 1 is 1.15 bits per heavy atom. The number of carbonyl (C=O) groups is 2. The first kappa shape index (κ1) is 34.0. The van der Waals surface area contributed by atoms with Gasteiger partial charge in [0.25, 0.3) is 5.91 Å². The second kappa shape index (κ2) is 12.4. The van der Waals surface area contributed by atoms with Gasteiger partial charge in [0, 0.05) is 46.8 Å². The van der Waals surface area contributed by atoms with Gasteiger partial charge in [-0.3, -0.25) is 14.3 Å². The number of halogens is 1. The number of aliphatic hydroxyl groups excluding tert-OH is 1. The van der Waals surface area contributed by atoms with Crippen molar-refractivity contribution in [3.63, 3.8) is 0 Å². The zero-order valence-electron chi connectivity index (χ0n) is 28.2. The van der Waals surface area contributed by atoms with E-state index in [0.717, 1.165) is 11.1 Å². The van der Waals surface area contributed by atoms with Crippen LogP contribution in [0.2, 0.25) is 5.02 Å². The molecule has 0 spiro atoms. The van der Waals surface area contributed by atoms with Crippen molar-refractivity contribution in [2.75, 3.05) is 0 Å². The molecular formula is C37H42ClN5O4. The van der Waals surface area contributed by atoms with Crippen LogP contribution in [-0.2, 0) is 11.3 Å². The third kappa shape index (κ3) is 6.74. The van der Waals surface area contributed by atoms with Crippen LogP contribution < -0.4 is 10.1 Å². The SMILES string of the molecule is C[C@@H](C(=O)NC(O)CC(C)(C)C)n1ccc(C#Cc2ccc3c(c2)CN(C2C(C)(C)C(Oc4ccc(C#N)c(Cl)c4)C2(C)C)C3=O)n1. The van der Waals surface area contributed by atoms with E-state index in [1.807, 2.05) is 43.9 Å². The maximum Gasteiger partial charge on any atom is 0.254 e. The van der Waals surface area contributed by atoms with Crippen LogP contribution >= 0.6 is 11.6 Å². The van der Waals surface area contributed by atoms with E-state index in [9.17, 15) is 20.0 Å². The summed E-state index contributed by atoms with van der Waals surface area (Å²) < 4.78 is 7.95. The van der Waals surface area contributed by atoms with E-state index in [0.29, 0.717) is 40.6 Å². The van der Waals surface area contributed by atoms with Crippen molar-refractivity contribution in [3.05, 3.63) is 81.6 Å². The normalized spacial score (nSPS) is 20.6. The molecule has 0 radical (unpaired) electrons. The summed E-state index contributed by atoms with van der Waals surface area (Å²) in [7, 11) is 0. The highest BCUT2D eigenvalue weighted by atomic mass is 35.5. The maximum absolute atomic E-state index is 13.7. The molecule has 47 heavy (non-hydrogen) atoms. The zero-order chi connectivity index (χ0) is 34.5. The van der Waals surface area contributed by atoms with Crippen LogP contribution in [0.3, 0.4) is 0 Å². The Labute approximate surface area is 281 Å². The summed E-state index contributed by atoms with van der Waals surface area (Å²) in [5.74, 6) is 6.47. The molecule has 5 rings (SSSR count). The average molecular weight is 656 g/mol. The third-order valence-corrected chi connectivity index (χ3v) is 9.47. The molecule has 2 N–H and O–H groups in total. The Hall–Kier alpha value is -4.31. The summed E-state index contributed by atoms with van der Waals surface area (Å²) in [5, 5.41) is 26.9. The summed E-state index contributed by atoms with van der Waals surface area (Å²) >= 11 is 6.25. The Kier molecular flexibility index (Phi) is 8.96. The fourth-order valence-electron chi connectivity index (χ4n) is 7.43. The molecule has 2 amide bonds. The number of aliphatic hydroxyl groups is 1. The molecule has 1 unspecified atom stereocenters. The average Bonchev–Trinajstić information content (AvgIpc) is 3.57. The summed E-state index contributed by atoms with van der Waals surface area (Å²) in [6.45, 7) is 16.6. The lowest BCUT2D eigenvalue weighted by Gasteiger charge is -2.65. The van der Waals surface area contributed by atoms with E-state index in [2.05, 4.69) is 56.0 Å². The van der Waals surface area contributed by atoms with Crippen molar-refractivity contribution in [2.45, 2.75) is 92.8 Å². The van der Waals surface area contributed by atoms with Crippen molar-refractivity contribution in [3.8, 4) is 23.7 Å². The molecule has 1 saturated carbocycles. The molecule has 3 aromatic rings. The second-order valence-corrected chi connectivity index (χ2v) is 15.4. The van der Waals surface area contributed by atoms with E-state index in [1.165, 1.54) is 4.68 Å². The van der Waals surface area contributed by atoms with E-state index >= 15 is 0 Å². The molecule has 2 atom stereocenters. The first-order chi connectivity index (χ1) is 21.9. The number of carbonyl (C=O) groups excluding carboxylic acids is 2. The summed E-state index contributed by atoms with van der Waals surface area (Å²) in [6.07, 6.45) is 1.00. The van der Waals surface area contributed by atoms with Crippen LogP contribution in [0.4, 0.5) is 0 Å². The number of nitriles is 1. The van der Waals surface area contributed by atoms with Crippen molar-refractivity contribution >= 4 is 23.4 Å². The second-order valence-electron chi connectivity index (χ2n) is 15.0. The molecule has 2 aliphatic rings. The molecule has 2 heterocycles. The van der Waals surface area contributed by atoms with Crippen molar-refractivity contribution in [1.82, 2.24) is 20.0 Å². The van der Waals surface area contributed by atoms with Gasteiger partial charge in [-0.25, -0.2) is 0 Å². The van der Waals surface area contributed by atoms with Crippen molar-refractivity contribution < 1.29 is 19.4 Å². The number of aromatic nitrogens is 2. The number of nitrogens with one attached hydrogen (secondary N) is 1. The van der Waals surface area contributed by atoms with Crippen LogP contribution in [0.15, 0.2) is 48.7 Å². The van der Waals surface area contributed by atoms with Gasteiger partial charge in [0.15, 0.2) is 0 Å². The van der Waals surface area contributed by atoms with Gasteiger partial charge in [0.2, 0.25) is 5.91 Å². The molecule has 1 aliphatic heterocycles. The third-order valence-electron chi connectivity index (χ3n) is 9.16. The van der Waals surface area contributed by atoms with Crippen LogP contribution in [0.25, 0.3) is 0 Å². The number of nitrogens with zero attached hydrogens (tertiary/aromatic N) is 4. The lowest BCUT2D eigenvalue weighted by molar-refractivity contribution is -0.199. The monoisotopic (exact) mass is 655 g/mol. The highest BCUT2D eigenvalue weighted by molar-refractivity contribution is 6.31. The molecule has 1 aliphatic carbocycles. The van der Waals surface area contributed by atoms with Crippen LogP contribution in [0, 0.1) is 39.4 Å². The van der Waals surface area contributed by atoms with Gasteiger partial charge in [-0.05, 0) is 66.6 Å². The first-order valence-electron chi connectivity index (χ1n) is 15.8. The standard InChI is InChI=1S/C37H42ClN5O4/c1-22(31(45)40-30(44)19-35(2,3)4)43-16-15-26(41-43)12-9-23-10-14-28-25(17-23)21-42(32(28)46)33-36(5,6)34(37(33,7)8)47-27-13-11-24(20-39)29(38)18-27/h10-11,13-18,22,30,33-34,44H,19,21H2,1-8H3,(H,40,45)/t22-,30?,33?,34?/m0/s1. The molecule has 10 heteroatoms. The van der Waals surface area contributed by atoms with Gasteiger partial charge in [-0.1, -0.05) is 66.0 Å². The minimum atomic E-state index is -0.938. The van der Waals surface area contributed by atoms with Gasteiger partial charge < -0.3 is 20.1 Å². The maximum atomic E-state index is 13.7. The van der Waals surface area contributed by atoms with Gasteiger partial charge in [0.05, 0.1) is 10.6 Å². The minimum absolute atomic E-state index is 0.0100.